The lowest BCUT2D eigenvalue weighted by atomic mass is 10.2. The van der Waals surface area contributed by atoms with Gasteiger partial charge in [0.2, 0.25) is 0 Å². The van der Waals surface area contributed by atoms with Gasteiger partial charge in [0, 0.05) is 26.2 Å². The van der Waals surface area contributed by atoms with Crippen molar-refractivity contribution in [3.05, 3.63) is 54.6 Å². The van der Waals surface area contributed by atoms with E-state index in [-0.39, 0.29) is 4.90 Å². The first-order valence-corrected chi connectivity index (χ1v) is 9.58. The molecule has 1 fully saturated rings. The third-order valence-electron chi connectivity index (χ3n) is 3.79. The molecule has 0 spiro atoms. The molecule has 144 valence electrons. The number of carboxylic acid groups (broad SMARTS) is 1. The third kappa shape index (κ3) is 6.67. The van der Waals surface area contributed by atoms with Crippen molar-refractivity contribution in [1.82, 2.24) is 9.80 Å². The smallest absolute Gasteiger partial charge is 0.319 e. The van der Waals surface area contributed by atoms with Gasteiger partial charge in [-0.1, -0.05) is 30.9 Å². The van der Waals surface area contributed by atoms with E-state index in [0.717, 1.165) is 31.7 Å². The summed E-state index contributed by atoms with van der Waals surface area (Å²) in [5, 5.41) is 8.39. The maximum Gasteiger partial charge on any atom is 0.319 e. The number of carbonyl (C=O) groups is 1. The molecule has 5 N–H and O–H groups in total. The number of rotatable bonds is 5. The predicted octanol–water partition coefficient (Wildman–Crippen LogP) is 0.317. The zero-order chi connectivity index (χ0) is 19.9. The summed E-state index contributed by atoms with van der Waals surface area (Å²) in [4.78, 5) is 14.4. The van der Waals surface area contributed by atoms with Gasteiger partial charge in [-0.3, -0.25) is 4.79 Å². The van der Waals surface area contributed by atoms with E-state index < -0.39 is 21.6 Å². The van der Waals surface area contributed by atoms with Crippen molar-refractivity contribution in [3.8, 4) is 0 Å². The Balaban J connectivity index is 0.000000263. The zero-order valence-corrected chi connectivity index (χ0v) is 15.7. The predicted molar refractivity (Wildman–Crippen MR) is 101 cm³/mol. The van der Waals surface area contributed by atoms with Gasteiger partial charge in [0.25, 0.3) is 0 Å². The van der Waals surface area contributed by atoms with Gasteiger partial charge in [0.1, 0.15) is 0 Å². The van der Waals surface area contributed by atoms with E-state index in [2.05, 4.69) is 13.2 Å². The lowest BCUT2D eigenvalue weighted by Gasteiger charge is -2.36. The summed E-state index contributed by atoms with van der Waals surface area (Å²) >= 11 is 0. The lowest BCUT2D eigenvalue weighted by Crippen LogP contribution is -2.47. The summed E-state index contributed by atoms with van der Waals surface area (Å²) in [6.07, 6.45) is 0. The maximum atomic E-state index is 11.4. The first-order chi connectivity index (χ1) is 12.0. The number of benzene rings is 1. The van der Waals surface area contributed by atoms with Crippen LogP contribution < -0.4 is 11.5 Å². The van der Waals surface area contributed by atoms with E-state index in [1.54, 1.807) is 12.1 Å². The standard InChI is InChI=1S/C9H10O4S.C8H16N4/c1-7-2-4-8(5-3-7)14(12,13)6-9(10)11;1-7(9)11-3-5-12(6-4-11)8(2)10/h2-5H,6H2,1H3,(H,10,11);1-6,9-10H2. The first-order valence-electron chi connectivity index (χ1n) is 7.93. The van der Waals surface area contributed by atoms with Crippen molar-refractivity contribution in [2.45, 2.75) is 11.8 Å². The molecule has 1 aliphatic heterocycles. The Hall–Kier alpha value is -2.68. The van der Waals surface area contributed by atoms with Gasteiger partial charge in [-0.25, -0.2) is 8.42 Å². The quantitative estimate of drug-likeness (QED) is 0.664. The Morgan fingerprint density at radius 2 is 1.42 bits per heavy atom. The number of carboxylic acids is 1. The Morgan fingerprint density at radius 3 is 1.73 bits per heavy atom. The summed E-state index contributed by atoms with van der Waals surface area (Å²) in [6, 6.07) is 6.09. The second-order valence-electron chi connectivity index (χ2n) is 5.92. The molecule has 1 saturated heterocycles. The zero-order valence-electron chi connectivity index (χ0n) is 14.9. The minimum Gasteiger partial charge on any atom is -0.480 e. The second-order valence-corrected chi connectivity index (χ2v) is 7.91. The van der Waals surface area contributed by atoms with Crippen molar-refractivity contribution >= 4 is 15.8 Å². The second kappa shape index (κ2) is 9.14. The number of piperazine rings is 1. The van der Waals surface area contributed by atoms with E-state index in [4.69, 9.17) is 16.6 Å². The van der Waals surface area contributed by atoms with E-state index >= 15 is 0 Å². The molecular weight excluding hydrogens is 356 g/mol. The van der Waals surface area contributed by atoms with Crippen LogP contribution in [-0.4, -0.2) is 61.2 Å². The Morgan fingerprint density at radius 1 is 1.04 bits per heavy atom. The van der Waals surface area contributed by atoms with Gasteiger partial charge in [-0.15, -0.1) is 0 Å². The highest BCUT2D eigenvalue weighted by Crippen LogP contribution is 2.11. The molecule has 1 heterocycles. The molecule has 0 aliphatic carbocycles. The maximum absolute atomic E-state index is 11.4. The van der Waals surface area contributed by atoms with Crippen LogP contribution in [0.15, 0.2) is 54.0 Å². The van der Waals surface area contributed by atoms with Crippen LogP contribution in [-0.2, 0) is 14.6 Å². The van der Waals surface area contributed by atoms with Gasteiger partial charge in [0.05, 0.1) is 16.5 Å². The Kier molecular flexibility index (Phi) is 7.51. The fourth-order valence-electron chi connectivity index (χ4n) is 2.27. The summed E-state index contributed by atoms with van der Waals surface area (Å²) in [5.41, 5.74) is 12.0. The largest absolute Gasteiger partial charge is 0.480 e. The van der Waals surface area contributed by atoms with Crippen LogP contribution in [0.4, 0.5) is 0 Å². The van der Waals surface area contributed by atoms with Crippen LogP contribution in [0, 0.1) is 6.92 Å². The van der Waals surface area contributed by atoms with E-state index in [9.17, 15) is 13.2 Å². The molecule has 1 aromatic rings. The SMILES string of the molecule is C=C(N)N1CCN(C(=C)N)CC1.Cc1ccc(S(=O)(=O)CC(=O)O)cc1. The molecule has 0 unspecified atom stereocenters. The molecule has 0 saturated carbocycles. The third-order valence-corrected chi connectivity index (χ3v) is 5.40. The topological polar surface area (TPSA) is 130 Å². The highest BCUT2D eigenvalue weighted by molar-refractivity contribution is 7.92. The molecule has 1 aliphatic rings. The summed E-state index contributed by atoms with van der Waals surface area (Å²) in [7, 11) is -3.68. The lowest BCUT2D eigenvalue weighted by molar-refractivity contribution is -0.134. The molecule has 1 aromatic carbocycles. The van der Waals surface area contributed by atoms with Gasteiger partial charge in [-0.2, -0.15) is 0 Å². The minimum absolute atomic E-state index is 0.0468. The van der Waals surface area contributed by atoms with Crippen molar-refractivity contribution in [2.24, 2.45) is 11.5 Å². The summed E-state index contributed by atoms with van der Waals surface area (Å²) in [5.74, 6) is -0.934. The first kappa shape index (κ1) is 21.4. The van der Waals surface area contributed by atoms with E-state index in [1.165, 1.54) is 12.1 Å². The number of nitrogens with two attached hydrogens (primary N) is 2. The van der Waals surface area contributed by atoms with Crippen molar-refractivity contribution in [1.29, 1.82) is 0 Å². The molecule has 0 atom stereocenters. The minimum atomic E-state index is -3.68. The van der Waals surface area contributed by atoms with Crippen LogP contribution >= 0.6 is 0 Å². The number of hydrogen-bond acceptors (Lipinski definition) is 7. The van der Waals surface area contributed by atoms with E-state index in [1.807, 2.05) is 16.7 Å². The molecule has 0 bridgehead atoms. The normalized spacial score (nSPS) is 14.2. The van der Waals surface area contributed by atoms with Crippen LogP contribution in [0.2, 0.25) is 0 Å². The van der Waals surface area contributed by atoms with Crippen LogP contribution in [0.1, 0.15) is 5.56 Å². The number of aryl methyl sites for hydroxylation is 1. The molecular formula is C17H26N4O4S. The Labute approximate surface area is 154 Å². The van der Waals surface area contributed by atoms with Gasteiger partial charge in [-0.05, 0) is 19.1 Å². The average Bonchev–Trinajstić information content (AvgIpc) is 2.54. The molecule has 9 heteroatoms. The van der Waals surface area contributed by atoms with Crippen molar-refractivity contribution in [3.63, 3.8) is 0 Å². The monoisotopic (exact) mass is 382 g/mol. The molecule has 8 nitrogen and oxygen atoms in total. The van der Waals surface area contributed by atoms with Crippen LogP contribution in [0.25, 0.3) is 0 Å². The van der Waals surface area contributed by atoms with Gasteiger partial charge in [0.15, 0.2) is 15.6 Å². The molecule has 0 amide bonds. The number of sulfone groups is 1. The van der Waals surface area contributed by atoms with Crippen LogP contribution in [0.5, 0.6) is 0 Å². The molecule has 0 radical (unpaired) electrons. The van der Waals surface area contributed by atoms with E-state index in [0.29, 0.717) is 11.6 Å². The number of aliphatic carboxylic acids is 1. The number of nitrogens with zero attached hydrogens (tertiary/aromatic N) is 2. The van der Waals surface area contributed by atoms with Crippen LogP contribution in [0.3, 0.4) is 0 Å². The Bertz CT molecular complexity index is 729. The van der Waals surface area contributed by atoms with Gasteiger partial charge < -0.3 is 26.4 Å². The highest BCUT2D eigenvalue weighted by atomic mass is 32.2. The number of hydrogen-bond donors (Lipinski definition) is 3. The molecule has 0 aromatic heterocycles. The molecule has 26 heavy (non-hydrogen) atoms. The fourth-order valence-corrected chi connectivity index (χ4v) is 3.31. The van der Waals surface area contributed by atoms with Gasteiger partial charge >= 0.3 is 5.97 Å². The fraction of sp³-hybridized carbons (Fsp3) is 0.353. The average molecular weight is 382 g/mol. The molecule has 2 rings (SSSR count). The van der Waals surface area contributed by atoms with Crippen molar-refractivity contribution < 1.29 is 18.3 Å². The summed E-state index contributed by atoms with van der Waals surface area (Å²) < 4.78 is 22.7. The van der Waals surface area contributed by atoms with Crippen molar-refractivity contribution in [2.75, 3.05) is 31.9 Å². The highest BCUT2D eigenvalue weighted by Gasteiger charge is 2.18. The summed E-state index contributed by atoms with van der Waals surface area (Å²) in [6.45, 7) is 12.7.